The molecule has 0 aliphatic carbocycles. The number of alkyl halides is 3. The summed E-state index contributed by atoms with van der Waals surface area (Å²) in [6.07, 6.45) is 1.36. The Bertz CT molecular complexity index is 1640. The third kappa shape index (κ3) is 6.11. The Labute approximate surface area is 235 Å². The number of halogens is 3. The third-order valence-electron chi connectivity index (χ3n) is 6.92. The Morgan fingerprint density at radius 1 is 1.12 bits per heavy atom. The van der Waals surface area contributed by atoms with Crippen LogP contribution in [0.1, 0.15) is 29.5 Å². The van der Waals surface area contributed by atoms with Gasteiger partial charge in [-0.3, -0.25) is 4.68 Å². The number of aryl methyl sites for hydroxylation is 2. The van der Waals surface area contributed by atoms with Gasteiger partial charge >= 0.3 is 6.18 Å². The molecule has 0 unspecified atom stereocenters. The van der Waals surface area contributed by atoms with E-state index in [4.69, 9.17) is 0 Å². The van der Waals surface area contributed by atoms with Gasteiger partial charge in [-0.05, 0) is 50.1 Å². The lowest BCUT2D eigenvalue weighted by Gasteiger charge is -2.31. The predicted octanol–water partition coefficient (Wildman–Crippen LogP) is 3.37. The van der Waals surface area contributed by atoms with E-state index in [1.807, 2.05) is 32.2 Å². The van der Waals surface area contributed by atoms with Crippen LogP contribution in [0.3, 0.4) is 0 Å². The Balaban J connectivity index is 1.35. The summed E-state index contributed by atoms with van der Waals surface area (Å²) in [5.41, 5.74) is 1.67. The van der Waals surface area contributed by atoms with Gasteiger partial charge in [0.15, 0.2) is 5.03 Å². The van der Waals surface area contributed by atoms with Crippen LogP contribution < -0.4 is 10.6 Å². The first kappa shape index (κ1) is 28.7. The van der Waals surface area contributed by atoms with Crippen LogP contribution in [0.2, 0.25) is 0 Å². The van der Waals surface area contributed by atoms with Crippen LogP contribution in [-0.4, -0.2) is 68.4 Å². The van der Waals surface area contributed by atoms with Crippen molar-refractivity contribution < 1.29 is 21.6 Å². The largest absolute Gasteiger partial charge is 0.419 e. The topological polar surface area (TPSA) is 123 Å². The highest BCUT2D eigenvalue weighted by molar-refractivity contribution is 7.89. The number of sulfonamides is 1. The fourth-order valence-electron chi connectivity index (χ4n) is 4.83. The Hall–Kier alpha value is -3.82. The standard InChI is InChI=1S/C26H30F3N9O2S/c1-17-12-18(13-30-2)4-5-22(17)38-16-19(14-32-38)24-21(26(27,28)29)15-31-25(34-24)33-20-6-10-37(11-7-20)41(39,40)23-8-9-36(3)35-23/h4-5,8-9,12,14-16,20,30H,6-7,10-11,13H2,1-3H3,(H,31,33,34). The molecule has 0 saturated carbocycles. The molecule has 2 N–H and O–H groups in total. The fraction of sp³-hybridized carbons (Fsp3) is 0.385. The minimum absolute atomic E-state index is 0.0215. The van der Waals surface area contributed by atoms with Gasteiger partial charge in [-0.1, -0.05) is 12.1 Å². The Morgan fingerprint density at radius 2 is 1.88 bits per heavy atom. The molecule has 11 nitrogen and oxygen atoms in total. The van der Waals surface area contributed by atoms with Crippen molar-refractivity contribution in [3.63, 3.8) is 0 Å². The second-order valence-electron chi connectivity index (χ2n) is 9.93. The molecule has 218 valence electrons. The third-order valence-corrected chi connectivity index (χ3v) is 8.71. The van der Waals surface area contributed by atoms with Gasteiger partial charge in [0, 0.05) is 56.9 Å². The van der Waals surface area contributed by atoms with E-state index in [1.165, 1.54) is 32.1 Å². The highest BCUT2D eigenvalue weighted by Crippen LogP contribution is 2.36. The van der Waals surface area contributed by atoms with Crippen molar-refractivity contribution in [3.8, 4) is 16.9 Å². The van der Waals surface area contributed by atoms with Crippen LogP contribution in [0.5, 0.6) is 0 Å². The zero-order valence-electron chi connectivity index (χ0n) is 22.7. The van der Waals surface area contributed by atoms with E-state index in [0.717, 1.165) is 23.0 Å². The lowest BCUT2D eigenvalue weighted by molar-refractivity contribution is -0.137. The van der Waals surface area contributed by atoms with E-state index in [9.17, 15) is 21.6 Å². The molecule has 15 heteroatoms. The molecule has 3 aromatic heterocycles. The van der Waals surface area contributed by atoms with E-state index in [-0.39, 0.29) is 41.4 Å². The van der Waals surface area contributed by atoms with Crippen molar-refractivity contribution in [3.05, 3.63) is 65.7 Å². The quantitative estimate of drug-likeness (QED) is 0.321. The van der Waals surface area contributed by atoms with Crippen molar-refractivity contribution in [1.29, 1.82) is 0 Å². The monoisotopic (exact) mass is 589 g/mol. The van der Waals surface area contributed by atoms with Crippen LogP contribution in [0.4, 0.5) is 19.1 Å². The van der Waals surface area contributed by atoms with Crippen LogP contribution in [-0.2, 0) is 29.8 Å². The number of nitrogens with zero attached hydrogens (tertiary/aromatic N) is 7. The summed E-state index contributed by atoms with van der Waals surface area (Å²) in [6.45, 7) is 3.05. The molecule has 4 heterocycles. The van der Waals surface area contributed by atoms with Gasteiger partial charge in [0.1, 0.15) is 5.56 Å². The van der Waals surface area contributed by atoms with E-state index in [2.05, 4.69) is 30.8 Å². The fourth-order valence-corrected chi connectivity index (χ4v) is 6.25. The molecule has 0 spiro atoms. The van der Waals surface area contributed by atoms with Crippen LogP contribution >= 0.6 is 0 Å². The normalized spacial score (nSPS) is 15.4. The van der Waals surface area contributed by atoms with Crippen molar-refractivity contribution in [2.75, 3.05) is 25.5 Å². The average molecular weight is 590 g/mol. The van der Waals surface area contributed by atoms with Gasteiger partial charge in [-0.25, -0.2) is 23.1 Å². The van der Waals surface area contributed by atoms with Crippen molar-refractivity contribution in [2.24, 2.45) is 7.05 Å². The SMILES string of the molecule is CNCc1ccc(-n2cc(-c3nc(NC4CCN(S(=O)(=O)c5ccn(C)n5)CC4)ncc3C(F)(F)F)cn2)c(C)c1. The molecule has 1 aliphatic rings. The van der Waals surface area contributed by atoms with Gasteiger partial charge in [0.05, 0.1) is 17.6 Å². The first-order chi connectivity index (χ1) is 19.5. The summed E-state index contributed by atoms with van der Waals surface area (Å²) in [7, 11) is -0.235. The summed E-state index contributed by atoms with van der Waals surface area (Å²) >= 11 is 0. The maximum absolute atomic E-state index is 13.9. The highest BCUT2D eigenvalue weighted by Gasteiger charge is 2.36. The molecule has 1 fully saturated rings. The number of rotatable bonds is 8. The zero-order valence-corrected chi connectivity index (χ0v) is 23.5. The summed E-state index contributed by atoms with van der Waals surface area (Å²) in [6, 6.07) is 7.02. The lowest BCUT2D eigenvalue weighted by Crippen LogP contribution is -2.42. The number of hydrogen-bond acceptors (Lipinski definition) is 8. The van der Waals surface area contributed by atoms with Crippen LogP contribution in [0, 0.1) is 6.92 Å². The Kier molecular flexibility index (Phi) is 7.85. The summed E-state index contributed by atoms with van der Waals surface area (Å²) < 4.78 is 71.8. The first-order valence-corrected chi connectivity index (χ1v) is 14.4. The Morgan fingerprint density at radius 3 is 2.51 bits per heavy atom. The molecule has 1 aromatic carbocycles. The average Bonchev–Trinajstić information content (AvgIpc) is 3.59. The number of anilines is 1. The zero-order chi connectivity index (χ0) is 29.4. The van der Waals surface area contributed by atoms with Crippen molar-refractivity contribution >= 4 is 16.0 Å². The van der Waals surface area contributed by atoms with Gasteiger partial charge < -0.3 is 10.6 Å². The molecule has 4 aromatic rings. The number of benzene rings is 1. The summed E-state index contributed by atoms with van der Waals surface area (Å²) in [5.74, 6) is 0.0272. The van der Waals surface area contributed by atoms with Crippen LogP contribution in [0.25, 0.3) is 16.9 Å². The van der Waals surface area contributed by atoms with Crippen molar-refractivity contribution in [2.45, 2.75) is 43.6 Å². The molecule has 0 amide bonds. The number of hydrogen-bond donors (Lipinski definition) is 2. The number of nitrogens with one attached hydrogen (secondary N) is 2. The minimum Gasteiger partial charge on any atom is -0.351 e. The molecule has 0 radical (unpaired) electrons. The van der Waals surface area contributed by atoms with E-state index >= 15 is 0 Å². The number of aromatic nitrogens is 6. The van der Waals surface area contributed by atoms with E-state index in [1.54, 1.807) is 13.2 Å². The van der Waals surface area contributed by atoms with Crippen molar-refractivity contribution in [1.82, 2.24) is 39.2 Å². The maximum Gasteiger partial charge on any atom is 0.419 e. The maximum atomic E-state index is 13.9. The molecule has 0 bridgehead atoms. The lowest BCUT2D eigenvalue weighted by atomic mass is 10.1. The van der Waals surface area contributed by atoms with E-state index < -0.39 is 21.8 Å². The first-order valence-electron chi connectivity index (χ1n) is 13.0. The smallest absolute Gasteiger partial charge is 0.351 e. The minimum atomic E-state index is -4.67. The highest BCUT2D eigenvalue weighted by atomic mass is 32.2. The van der Waals surface area contributed by atoms with Gasteiger partial charge in [0.2, 0.25) is 5.95 Å². The molecule has 41 heavy (non-hydrogen) atoms. The molecule has 1 saturated heterocycles. The second-order valence-corrected chi connectivity index (χ2v) is 11.8. The molecule has 1 aliphatic heterocycles. The molecular formula is C26H30F3N9O2S. The second kappa shape index (κ2) is 11.2. The van der Waals surface area contributed by atoms with E-state index in [0.29, 0.717) is 19.4 Å². The summed E-state index contributed by atoms with van der Waals surface area (Å²) in [4.78, 5) is 8.17. The summed E-state index contributed by atoms with van der Waals surface area (Å²) in [5, 5.41) is 14.5. The van der Waals surface area contributed by atoms with Gasteiger partial charge in [-0.2, -0.15) is 27.7 Å². The van der Waals surface area contributed by atoms with Gasteiger partial charge in [0.25, 0.3) is 10.0 Å². The molecule has 5 rings (SSSR count). The number of piperidine rings is 1. The molecular weight excluding hydrogens is 559 g/mol. The van der Waals surface area contributed by atoms with Gasteiger partial charge in [-0.15, -0.1) is 0 Å². The predicted molar refractivity (Wildman–Crippen MR) is 146 cm³/mol. The van der Waals surface area contributed by atoms with Crippen LogP contribution in [0.15, 0.2) is 54.1 Å². The molecule has 0 atom stereocenters.